The zero-order valence-electron chi connectivity index (χ0n) is 14.6. The Kier molecular flexibility index (Phi) is 5.70. The van der Waals surface area contributed by atoms with Gasteiger partial charge in [0.2, 0.25) is 15.9 Å². The van der Waals surface area contributed by atoms with Crippen molar-refractivity contribution in [2.45, 2.75) is 24.3 Å². The second kappa shape index (κ2) is 7.99. The smallest absolute Gasteiger partial charge is 0.243 e. The van der Waals surface area contributed by atoms with Crippen molar-refractivity contribution >= 4 is 21.6 Å². The monoisotopic (exact) mass is 374 g/mol. The van der Waals surface area contributed by atoms with E-state index in [9.17, 15) is 13.2 Å². The maximum absolute atomic E-state index is 12.7. The lowest BCUT2D eigenvalue weighted by molar-refractivity contribution is -0.115. The van der Waals surface area contributed by atoms with Gasteiger partial charge >= 0.3 is 0 Å². The number of carbonyl (C=O) groups is 1. The molecule has 7 heteroatoms. The van der Waals surface area contributed by atoms with Crippen LogP contribution in [0.3, 0.4) is 0 Å². The van der Waals surface area contributed by atoms with Crippen molar-refractivity contribution in [2.75, 3.05) is 25.0 Å². The first-order valence-corrected chi connectivity index (χ1v) is 9.95. The maximum Gasteiger partial charge on any atom is 0.243 e. The summed E-state index contributed by atoms with van der Waals surface area (Å²) in [5.41, 5.74) is 1.49. The van der Waals surface area contributed by atoms with Crippen LogP contribution in [-0.4, -0.2) is 44.4 Å². The number of sulfonamides is 1. The van der Waals surface area contributed by atoms with Crippen LogP contribution in [-0.2, 0) is 26.0 Å². The van der Waals surface area contributed by atoms with Crippen LogP contribution in [0, 0.1) is 0 Å². The van der Waals surface area contributed by atoms with Gasteiger partial charge in [-0.25, -0.2) is 8.42 Å². The zero-order valence-corrected chi connectivity index (χ0v) is 15.4. The number of hydrogen-bond acceptors (Lipinski definition) is 4. The highest BCUT2D eigenvalue weighted by atomic mass is 32.2. The highest BCUT2D eigenvalue weighted by Crippen LogP contribution is 2.20. The average Bonchev–Trinajstić information content (AvgIpc) is 2.63. The third-order valence-electron chi connectivity index (χ3n) is 4.19. The molecule has 0 bridgehead atoms. The van der Waals surface area contributed by atoms with Gasteiger partial charge in [-0.1, -0.05) is 30.3 Å². The Morgan fingerprint density at radius 1 is 1.15 bits per heavy atom. The van der Waals surface area contributed by atoms with Gasteiger partial charge in [-0.15, -0.1) is 0 Å². The van der Waals surface area contributed by atoms with Crippen LogP contribution in [0.25, 0.3) is 0 Å². The lowest BCUT2D eigenvalue weighted by atomic mass is 10.1. The second-order valence-electron chi connectivity index (χ2n) is 6.28. The summed E-state index contributed by atoms with van der Waals surface area (Å²) in [6.45, 7) is 2.95. The molecule has 6 nitrogen and oxygen atoms in total. The molecule has 1 fully saturated rings. The summed E-state index contributed by atoms with van der Waals surface area (Å²) in [4.78, 5) is 12.3. The molecule has 1 atom stereocenters. The molecular formula is C19H22N2O4S. The summed E-state index contributed by atoms with van der Waals surface area (Å²) in [5, 5.41) is 2.79. The summed E-state index contributed by atoms with van der Waals surface area (Å²) in [5.74, 6) is -0.145. The standard InChI is InChI=1S/C19H22N2O4S/c1-15-14-21(11-12-25-15)26(23,24)18-9-7-17(8-10-18)20-19(22)13-16-5-3-2-4-6-16/h2-10,15H,11-14H2,1H3,(H,20,22). The molecule has 26 heavy (non-hydrogen) atoms. The Morgan fingerprint density at radius 3 is 2.50 bits per heavy atom. The van der Waals surface area contributed by atoms with Crippen molar-refractivity contribution in [3.8, 4) is 0 Å². The molecule has 2 aromatic carbocycles. The largest absolute Gasteiger partial charge is 0.376 e. The Bertz CT molecular complexity index is 851. The molecule has 3 rings (SSSR count). The second-order valence-corrected chi connectivity index (χ2v) is 8.22. The first-order chi connectivity index (χ1) is 12.4. The molecule has 1 heterocycles. The average molecular weight is 374 g/mol. The van der Waals surface area contributed by atoms with Crippen molar-refractivity contribution in [1.82, 2.24) is 4.31 Å². The van der Waals surface area contributed by atoms with E-state index in [1.54, 1.807) is 12.1 Å². The van der Waals surface area contributed by atoms with Gasteiger partial charge in [0.1, 0.15) is 0 Å². The fourth-order valence-corrected chi connectivity index (χ4v) is 4.35. The molecule has 0 saturated carbocycles. The first-order valence-electron chi connectivity index (χ1n) is 8.51. The van der Waals surface area contributed by atoms with Gasteiger partial charge in [0.25, 0.3) is 0 Å². The van der Waals surface area contributed by atoms with Crippen molar-refractivity contribution in [3.63, 3.8) is 0 Å². The van der Waals surface area contributed by atoms with E-state index < -0.39 is 10.0 Å². The molecule has 138 valence electrons. The number of amides is 1. The van der Waals surface area contributed by atoms with Crippen LogP contribution in [0.1, 0.15) is 12.5 Å². The van der Waals surface area contributed by atoms with E-state index in [0.29, 0.717) is 25.4 Å². The number of nitrogens with zero attached hydrogens (tertiary/aromatic N) is 1. The number of morpholine rings is 1. The van der Waals surface area contributed by atoms with E-state index in [1.165, 1.54) is 16.4 Å². The van der Waals surface area contributed by atoms with Crippen molar-refractivity contribution < 1.29 is 17.9 Å². The summed E-state index contributed by atoms with van der Waals surface area (Å²) in [6, 6.07) is 15.7. The van der Waals surface area contributed by atoms with Gasteiger partial charge in [0.05, 0.1) is 24.0 Å². The molecular weight excluding hydrogens is 352 g/mol. The third-order valence-corrected chi connectivity index (χ3v) is 6.07. The van der Waals surface area contributed by atoms with E-state index in [2.05, 4.69) is 5.32 Å². The lowest BCUT2D eigenvalue weighted by Gasteiger charge is -2.30. The Labute approximate surface area is 153 Å². The fraction of sp³-hybridized carbons (Fsp3) is 0.316. The summed E-state index contributed by atoms with van der Waals surface area (Å²) >= 11 is 0. The van der Waals surface area contributed by atoms with Gasteiger partial charge < -0.3 is 10.1 Å². The minimum atomic E-state index is -3.55. The highest BCUT2D eigenvalue weighted by Gasteiger charge is 2.28. The minimum absolute atomic E-state index is 0.116. The van der Waals surface area contributed by atoms with Crippen molar-refractivity contribution in [3.05, 3.63) is 60.2 Å². The summed E-state index contributed by atoms with van der Waals surface area (Å²) in [6.07, 6.45) is 0.155. The van der Waals surface area contributed by atoms with Crippen LogP contribution >= 0.6 is 0 Å². The van der Waals surface area contributed by atoms with Gasteiger partial charge in [-0.3, -0.25) is 4.79 Å². The van der Waals surface area contributed by atoms with Crippen LogP contribution in [0.2, 0.25) is 0 Å². The van der Waals surface area contributed by atoms with E-state index in [-0.39, 0.29) is 23.3 Å². The molecule has 2 aromatic rings. The number of rotatable bonds is 5. The normalized spacial score (nSPS) is 18.4. The van der Waals surface area contributed by atoms with Gasteiger partial charge in [-0.2, -0.15) is 4.31 Å². The minimum Gasteiger partial charge on any atom is -0.376 e. The molecule has 1 aliphatic heterocycles. The Balaban J connectivity index is 1.65. The van der Waals surface area contributed by atoms with Crippen LogP contribution in [0.15, 0.2) is 59.5 Å². The summed E-state index contributed by atoms with van der Waals surface area (Å²) in [7, 11) is -3.55. The van der Waals surface area contributed by atoms with Gasteiger partial charge in [0, 0.05) is 18.8 Å². The first kappa shape index (κ1) is 18.6. The third kappa shape index (κ3) is 4.49. The molecule has 0 radical (unpaired) electrons. The molecule has 1 aliphatic rings. The van der Waals surface area contributed by atoms with Gasteiger partial charge in [0.15, 0.2) is 0 Å². The van der Waals surface area contributed by atoms with Crippen molar-refractivity contribution in [1.29, 1.82) is 0 Å². The van der Waals surface area contributed by atoms with Crippen LogP contribution < -0.4 is 5.32 Å². The molecule has 1 amide bonds. The van der Waals surface area contributed by atoms with E-state index in [4.69, 9.17) is 4.74 Å². The highest BCUT2D eigenvalue weighted by molar-refractivity contribution is 7.89. The van der Waals surface area contributed by atoms with E-state index >= 15 is 0 Å². The zero-order chi connectivity index (χ0) is 18.6. The number of anilines is 1. The molecule has 0 spiro atoms. The Morgan fingerprint density at radius 2 is 1.85 bits per heavy atom. The number of carbonyl (C=O) groups excluding carboxylic acids is 1. The molecule has 1 unspecified atom stereocenters. The van der Waals surface area contributed by atoms with Gasteiger partial charge in [-0.05, 0) is 36.8 Å². The van der Waals surface area contributed by atoms with Crippen molar-refractivity contribution in [2.24, 2.45) is 0 Å². The summed E-state index contributed by atoms with van der Waals surface area (Å²) < 4.78 is 32.2. The maximum atomic E-state index is 12.7. The van der Waals surface area contributed by atoms with Crippen LogP contribution in [0.5, 0.6) is 0 Å². The SMILES string of the molecule is CC1CN(S(=O)(=O)c2ccc(NC(=O)Cc3ccccc3)cc2)CCO1. The quantitative estimate of drug-likeness (QED) is 0.871. The Hall–Kier alpha value is -2.22. The number of ether oxygens (including phenoxy) is 1. The van der Waals surface area contributed by atoms with E-state index in [0.717, 1.165) is 5.56 Å². The number of nitrogens with one attached hydrogen (secondary N) is 1. The molecule has 0 aromatic heterocycles. The number of hydrogen-bond donors (Lipinski definition) is 1. The molecule has 1 N–H and O–H groups in total. The predicted octanol–water partition coefficient (Wildman–Crippen LogP) is 2.28. The predicted molar refractivity (Wildman–Crippen MR) is 99.4 cm³/mol. The fourth-order valence-electron chi connectivity index (χ4n) is 2.85. The lowest BCUT2D eigenvalue weighted by Crippen LogP contribution is -2.44. The number of benzene rings is 2. The van der Waals surface area contributed by atoms with E-state index in [1.807, 2.05) is 37.3 Å². The topological polar surface area (TPSA) is 75.7 Å². The molecule has 0 aliphatic carbocycles. The van der Waals surface area contributed by atoms with Crippen LogP contribution in [0.4, 0.5) is 5.69 Å². The molecule has 1 saturated heterocycles.